The fourth-order valence-corrected chi connectivity index (χ4v) is 4.48. The number of aryl methyl sites for hydroxylation is 2. The molecule has 0 aromatic heterocycles. The Labute approximate surface area is 214 Å². The van der Waals surface area contributed by atoms with Crippen molar-refractivity contribution in [2.45, 2.75) is 85.2 Å². The molecule has 4 unspecified atom stereocenters. The van der Waals surface area contributed by atoms with Crippen molar-refractivity contribution in [3.8, 4) is 0 Å². The molecular weight excluding hydrogens is 454 g/mol. The lowest BCUT2D eigenvalue weighted by Crippen LogP contribution is -2.53. The number of rotatable bonds is 8. The zero-order chi connectivity index (χ0) is 26.6. The summed E-state index contributed by atoms with van der Waals surface area (Å²) in [6.45, 7) is 13.3. The first-order valence-electron chi connectivity index (χ1n) is 12.6. The first-order valence-corrected chi connectivity index (χ1v) is 12.6. The summed E-state index contributed by atoms with van der Waals surface area (Å²) in [5, 5.41) is 5.71. The van der Waals surface area contributed by atoms with E-state index in [1.54, 1.807) is 32.6 Å². The van der Waals surface area contributed by atoms with Crippen LogP contribution < -0.4 is 10.6 Å². The molecule has 0 aliphatic heterocycles. The molecule has 0 spiro atoms. The van der Waals surface area contributed by atoms with Crippen molar-refractivity contribution in [3.05, 3.63) is 70.8 Å². The van der Waals surface area contributed by atoms with Crippen molar-refractivity contribution in [3.63, 3.8) is 0 Å². The molecule has 36 heavy (non-hydrogen) atoms. The van der Waals surface area contributed by atoms with Crippen LogP contribution in [0.4, 0.5) is 4.79 Å². The largest absolute Gasteiger partial charge is 0.444 e. The highest BCUT2D eigenvalue weighted by atomic mass is 16.6. The molecule has 0 saturated heterocycles. The van der Waals surface area contributed by atoms with E-state index >= 15 is 0 Å². The van der Waals surface area contributed by atoms with Gasteiger partial charge in [0.1, 0.15) is 17.7 Å². The van der Waals surface area contributed by atoms with Crippen LogP contribution in [0.15, 0.2) is 48.5 Å². The summed E-state index contributed by atoms with van der Waals surface area (Å²) in [7, 11) is 0. The van der Waals surface area contributed by atoms with Crippen LogP contribution in [-0.2, 0) is 20.9 Å². The molecule has 1 aliphatic carbocycles. The number of nitrogens with one attached hydrogen (secondary N) is 2. The normalized spacial score (nSPS) is 18.5. The molecule has 1 aliphatic rings. The van der Waals surface area contributed by atoms with Crippen LogP contribution in [0.2, 0.25) is 0 Å². The maximum absolute atomic E-state index is 13.9. The summed E-state index contributed by atoms with van der Waals surface area (Å²) in [4.78, 5) is 41.8. The average Bonchev–Trinajstić information content (AvgIpc) is 3.51. The predicted molar refractivity (Wildman–Crippen MR) is 140 cm³/mol. The number of carbonyl (C=O) groups is 3. The SMILES string of the molecule is Cc1cccc(C)c1C(C(=O)NCc1ccccc1)N(C(=O)C(C)NC(=O)OC(C)(C)C)C1CC1C. The van der Waals surface area contributed by atoms with Crippen LogP contribution in [0.25, 0.3) is 0 Å². The lowest BCUT2D eigenvalue weighted by molar-refractivity contribution is -0.143. The van der Waals surface area contributed by atoms with E-state index in [2.05, 4.69) is 17.6 Å². The van der Waals surface area contributed by atoms with E-state index in [0.29, 0.717) is 6.54 Å². The Bertz CT molecular complexity index is 1070. The second-order valence-electron chi connectivity index (χ2n) is 10.8. The first kappa shape index (κ1) is 27.2. The van der Waals surface area contributed by atoms with Gasteiger partial charge in [-0.1, -0.05) is 55.5 Å². The van der Waals surface area contributed by atoms with E-state index in [9.17, 15) is 14.4 Å². The Morgan fingerprint density at radius 1 is 1.03 bits per heavy atom. The van der Waals surface area contributed by atoms with Gasteiger partial charge in [-0.3, -0.25) is 9.59 Å². The summed E-state index contributed by atoms with van der Waals surface area (Å²) in [5.74, 6) is -0.290. The summed E-state index contributed by atoms with van der Waals surface area (Å²) in [6.07, 6.45) is 0.141. The zero-order valence-corrected chi connectivity index (χ0v) is 22.4. The van der Waals surface area contributed by atoms with Crippen molar-refractivity contribution in [2.75, 3.05) is 0 Å². The van der Waals surface area contributed by atoms with E-state index in [4.69, 9.17) is 4.74 Å². The minimum atomic E-state index is -0.860. The fourth-order valence-electron chi connectivity index (χ4n) is 4.48. The number of carbonyl (C=O) groups excluding carboxylic acids is 3. The second kappa shape index (κ2) is 11.1. The molecule has 2 N–H and O–H groups in total. The molecule has 7 nitrogen and oxygen atoms in total. The van der Waals surface area contributed by atoms with E-state index in [0.717, 1.165) is 28.7 Å². The lowest BCUT2D eigenvalue weighted by Gasteiger charge is -2.35. The number of benzene rings is 2. The van der Waals surface area contributed by atoms with Gasteiger partial charge in [0, 0.05) is 12.6 Å². The minimum Gasteiger partial charge on any atom is -0.444 e. The van der Waals surface area contributed by atoms with Gasteiger partial charge in [-0.15, -0.1) is 0 Å². The highest BCUT2D eigenvalue weighted by molar-refractivity contribution is 5.92. The number of hydrogen-bond donors (Lipinski definition) is 2. The van der Waals surface area contributed by atoms with Gasteiger partial charge in [-0.25, -0.2) is 4.79 Å². The molecule has 1 saturated carbocycles. The monoisotopic (exact) mass is 493 g/mol. The van der Waals surface area contributed by atoms with Gasteiger partial charge in [-0.05, 0) is 76.1 Å². The van der Waals surface area contributed by atoms with Gasteiger partial charge in [-0.2, -0.15) is 0 Å². The van der Waals surface area contributed by atoms with Gasteiger partial charge in [0.15, 0.2) is 0 Å². The number of amides is 3. The molecule has 2 aromatic rings. The third-order valence-electron chi connectivity index (χ3n) is 6.43. The van der Waals surface area contributed by atoms with Gasteiger partial charge in [0.05, 0.1) is 0 Å². The van der Waals surface area contributed by atoms with E-state index < -0.39 is 23.8 Å². The molecule has 7 heteroatoms. The van der Waals surface area contributed by atoms with Crippen LogP contribution >= 0.6 is 0 Å². The Morgan fingerprint density at radius 3 is 2.14 bits per heavy atom. The maximum Gasteiger partial charge on any atom is 0.408 e. The quantitative estimate of drug-likeness (QED) is 0.552. The Kier molecular flexibility index (Phi) is 8.43. The molecule has 3 amide bonds. The van der Waals surface area contributed by atoms with Crippen molar-refractivity contribution in [1.82, 2.24) is 15.5 Å². The highest BCUT2D eigenvalue weighted by Crippen LogP contribution is 2.42. The minimum absolute atomic E-state index is 0.0909. The molecule has 1 fully saturated rings. The highest BCUT2D eigenvalue weighted by Gasteiger charge is 2.48. The first-order chi connectivity index (χ1) is 16.9. The Balaban J connectivity index is 1.94. The summed E-state index contributed by atoms with van der Waals surface area (Å²) >= 11 is 0. The molecule has 194 valence electrons. The summed E-state index contributed by atoms with van der Waals surface area (Å²) in [5.41, 5.74) is 2.99. The number of alkyl carbamates (subject to hydrolysis) is 1. The Morgan fingerprint density at radius 2 is 1.61 bits per heavy atom. The third kappa shape index (κ3) is 6.86. The van der Waals surface area contributed by atoms with E-state index in [-0.39, 0.29) is 23.8 Å². The molecule has 4 atom stereocenters. The van der Waals surface area contributed by atoms with E-state index in [1.807, 2.05) is 62.4 Å². The van der Waals surface area contributed by atoms with Crippen LogP contribution in [0.3, 0.4) is 0 Å². The van der Waals surface area contributed by atoms with Gasteiger partial charge in [0.25, 0.3) is 0 Å². The number of hydrogen-bond acceptors (Lipinski definition) is 4. The Hall–Kier alpha value is -3.35. The van der Waals surface area contributed by atoms with Crippen molar-refractivity contribution in [2.24, 2.45) is 5.92 Å². The molecule has 3 rings (SSSR count). The summed E-state index contributed by atoms with van der Waals surface area (Å²) in [6, 6.07) is 13.8. The van der Waals surface area contributed by atoms with Crippen LogP contribution in [-0.4, -0.2) is 40.5 Å². The number of nitrogens with zero attached hydrogens (tertiary/aromatic N) is 1. The molecule has 0 radical (unpaired) electrons. The molecule has 0 heterocycles. The molecular formula is C29H39N3O4. The van der Waals surface area contributed by atoms with Gasteiger partial charge < -0.3 is 20.3 Å². The van der Waals surface area contributed by atoms with Crippen molar-refractivity contribution < 1.29 is 19.1 Å². The molecule has 0 bridgehead atoms. The van der Waals surface area contributed by atoms with Gasteiger partial charge in [0.2, 0.25) is 11.8 Å². The van der Waals surface area contributed by atoms with Gasteiger partial charge >= 0.3 is 6.09 Å². The maximum atomic E-state index is 13.9. The van der Waals surface area contributed by atoms with Crippen LogP contribution in [0.1, 0.15) is 69.3 Å². The second-order valence-corrected chi connectivity index (χ2v) is 10.8. The fraction of sp³-hybridized carbons (Fsp3) is 0.483. The van der Waals surface area contributed by atoms with Crippen molar-refractivity contribution in [1.29, 1.82) is 0 Å². The molecule has 2 aromatic carbocycles. The van der Waals surface area contributed by atoms with Crippen LogP contribution in [0, 0.1) is 19.8 Å². The van der Waals surface area contributed by atoms with Crippen LogP contribution in [0.5, 0.6) is 0 Å². The standard InChI is InChI=1S/C29H39N3O4/c1-18-12-11-13-19(2)24(18)25(26(33)30-17-22-14-9-8-10-15-22)32(23-16-20(23)3)27(34)21(4)31-28(35)36-29(5,6)7/h8-15,20-21,23,25H,16-17H2,1-7H3,(H,30,33)(H,31,35). The van der Waals surface area contributed by atoms with E-state index in [1.165, 1.54) is 0 Å². The lowest BCUT2D eigenvalue weighted by atomic mass is 9.93. The third-order valence-corrected chi connectivity index (χ3v) is 6.43. The van der Waals surface area contributed by atoms with Crippen molar-refractivity contribution >= 4 is 17.9 Å². The predicted octanol–water partition coefficient (Wildman–Crippen LogP) is 4.81. The number of ether oxygens (including phenoxy) is 1. The smallest absolute Gasteiger partial charge is 0.408 e. The summed E-state index contributed by atoms with van der Waals surface area (Å²) < 4.78 is 5.35. The zero-order valence-electron chi connectivity index (χ0n) is 22.4. The average molecular weight is 494 g/mol. The topological polar surface area (TPSA) is 87.7 Å².